The molecule has 0 aliphatic carbocycles. The predicted molar refractivity (Wildman–Crippen MR) is 79.4 cm³/mol. The van der Waals surface area contributed by atoms with E-state index >= 15 is 0 Å². The molecular formula is C16H17ClFNO. The summed E-state index contributed by atoms with van der Waals surface area (Å²) in [6, 6.07) is 12.3. The molecule has 20 heavy (non-hydrogen) atoms. The number of hydrogen-bond acceptors (Lipinski definition) is 2. The summed E-state index contributed by atoms with van der Waals surface area (Å²) < 4.78 is 18.9. The lowest BCUT2D eigenvalue weighted by molar-refractivity contribution is 0.305. The van der Waals surface area contributed by atoms with Crippen LogP contribution in [0.1, 0.15) is 30.5 Å². The van der Waals surface area contributed by atoms with Crippen molar-refractivity contribution in [2.24, 2.45) is 5.73 Å². The molecule has 0 fully saturated rings. The summed E-state index contributed by atoms with van der Waals surface area (Å²) in [4.78, 5) is 0. The fourth-order valence-electron chi connectivity index (χ4n) is 1.84. The van der Waals surface area contributed by atoms with E-state index in [-0.39, 0.29) is 11.1 Å². The Morgan fingerprint density at radius 3 is 2.50 bits per heavy atom. The van der Waals surface area contributed by atoms with E-state index in [1.807, 2.05) is 31.2 Å². The standard InChI is InChI=1S/C16H17ClFNO/c1-2-16(19)12-4-6-13(7-5-12)20-10-11-3-8-14(17)15(18)9-11/h3-9,16H,2,10,19H2,1H3. The number of halogens is 2. The van der Waals surface area contributed by atoms with E-state index in [0.29, 0.717) is 6.61 Å². The first-order valence-electron chi connectivity index (χ1n) is 6.52. The van der Waals surface area contributed by atoms with E-state index in [2.05, 4.69) is 0 Å². The number of hydrogen-bond donors (Lipinski definition) is 1. The van der Waals surface area contributed by atoms with Crippen molar-refractivity contribution in [2.75, 3.05) is 0 Å². The van der Waals surface area contributed by atoms with Crippen LogP contribution in [0.3, 0.4) is 0 Å². The molecule has 4 heteroatoms. The molecule has 0 aromatic heterocycles. The molecule has 0 saturated heterocycles. The number of benzene rings is 2. The first-order chi connectivity index (χ1) is 9.60. The minimum Gasteiger partial charge on any atom is -0.489 e. The second kappa shape index (κ2) is 6.73. The molecule has 106 valence electrons. The second-order valence-electron chi connectivity index (χ2n) is 4.62. The normalized spacial score (nSPS) is 12.2. The van der Waals surface area contributed by atoms with Gasteiger partial charge in [-0.3, -0.25) is 0 Å². The molecule has 0 aliphatic heterocycles. The molecule has 0 radical (unpaired) electrons. The summed E-state index contributed by atoms with van der Waals surface area (Å²) in [6.07, 6.45) is 0.893. The van der Waals surface area contributed by atoms with Gasteiger partial charge in [-0.2, -0.15) is 0 Å². The van der Waals surface area contributed by atoms with Gasteiger partial charge in [0.25, 0.3) is 0 Å². The van der Waals surface area contributed by atoms with Crippen LogP contribution in [0.25, 0.3) is 0 Å². The highest BCUT2D eigenvalue weighted by Gasteiger charge is 2.04. The molecule has 0 heterocycles. The lowest BCUT2D eigenvalue weighted by Crippen LogP contribution is -2.08. The van der Waals surface area contributed by atoms with Gasteiger partial charge in [-0.15, -0.1) is 0 Å². The zero-order valence-corrected chi connectivity index (χ0v) is 12.0. The lowest BCUT2D eigenvalue weighted by atomic mass is 10.1. The maximum absolute atomic E-state index is 13.3. The van der Waals surface area contributed by atoms with Crippen LogP contribution in [0.4, 0.5) is 4.39 Å². The van der Waals surface area contributed by atoms with Crippen molar-refractivity contribution < 1.29 is 9.13 Å². The predicted octanol–water partition coefficient (Wildman–Crippen LogP) is 4.47. The second-order valence-corrected chi connectivity index (χ2v) is 5.03. The van der Waals surface area contributed by atoms with Crippen molar-refractivity contribution in [3.8, 4) is 5.75 Å². The molecule has 2 nitrogen and oxygen atoms in total. The average molecular weight is 294 g/mol. The lowest BCUT2D eigenvalue weighted by Gasteiger charge is -2.11. The molecule has 0 spiro atoms. The van der Waals surface area contributed by atoms with E-state index < -0.39 is 5.82 Å². The van der Waals surface area contributed by atoms with Crippen LogP contribution in [-0.4, -0.2) is 0 Å². The summed E-state index contributed by atoms with van der Waals surface area (Å²) >= 11 is 5.63. The van der Waals surface area contributed by atoms with Crippen molar-refractivity contribution in [3.05, 3.63) is 64.4 Å². The van der Waals surface area contributed by atoms with Gasteiger partial charge in [0, 0.05) is 6.04 Å². The van der Waals surface area contributed by atoms with Crippen molar-refractivity contribution in [1.29, 1.82) is 0 Å². The monoisotopic (exact) mass is 293 g/mol. The molecule has 0 aliphatic rings. The van der Waals surface area contributed by atoms with Gasteiger partial charge in [-0.1, -0.05) is 36.7 Å². The van der Waals surface area contributed by atoms with Crippen LogP contribution in [-0.2, 0) is 6.61 Å². The summed E-state index contributed by atoms with van der Waals surface area (Å²) in [5.41, 5.74) is 7.76. The molecule has 0 saturated carbocycles. The van der Waals surface area contributed by atoms with Gasteiger partial charge in [0.1, 0.15) is 18.2 Å². The fourth-order valence-corrected chi connectivity index (χ4v) is 1.96. The van der Waals surface area contributed by atoms with Crippen LogP contribution < -0.4 is 10.5 Å². The summed E-state index contributed by atoms with van der Waals surface area (Å²) in [5, 5.41) is 0.117. The van der Waals surface area contributed by atoms with Crippen molar-refractivity contribution in [2.45, 2.75) is 26.0 Å². The number of ether oxygens (including phenoxy) is 1. The van der Waals surface area contributed by atoms with E-state index in [4.69, 9.17) is 22.1 Å². The van der Waals surface area contributed by atoms with Gasteiger partial charge in [0.05, 0.1) is 5.02 Å². The van der Waals surface area contributed by atoms with Gasteiger partial charge in [-0.05, 0) is 41.8 Å². The van der Waals surface area contributed by atoms with E-state index in [1.165, 1.54) is 12.1 Å². The van der Waals surface area contributed by atoms with Crippen LogP contribution in [0.15, 0.2) is 42.5 Å². The first kappa shape index (κ1) is 14.8. The third-order valence-corrected chi connectivity index (χ3v) is 3.44. The Morgan fingerprint density at radius 2 is 1.90 bits per heavy atom. The van der Waals surface area contributed by atoms with Gasteiger partial charge in [0.2, 0.25) is 0 Å². The average Bonchev–Trinajstić information content (AvgIpc) is 2.48. The molecular weight excluding hydrogens is 277 g/mol. The van der Waals surface area contributed by atoms with Gasteiger partial charge >= 0.3 is 0 Å². The Hall–Kier alpha value is -1.58. The summed E-state index contributed by atoms with van der Waals surface area (Å²) in [7, 11) is 0. The molecule has 2 N–H and O–H groups in total. The summed E-state index contributed by atoms with van der Waals surface area (Å²) in [6.45, 7) is 2.34. The van der Waals surface area contributed by atoms with Crippen molar-refractivity contribution in [1.82, 2.24) is 0 Å². The SMILES string of the molecule is CCC(N)c1ccc(OCc2ccc(Cl)c(F)c2)cc1. The molecule has 1 atom stereocenters. The zero-order chi connectivity index (χ0) is 14.5. The molecule has 2 aromatic carbocycles. The third kappa shape index (κ3) is 3.71. The van der Waals surface area contributed by atoms with Crippen LogP contribution in [0, 0.1) is 5.82 Å². The Labute approximate surface area is 123 Å². The molecule has 2 rings (SSSR count). The van der Waals surface area contributed by atoms with Crippen LogP contribution >= 0.6 is 11.6 Å². The molecule has 0 bridgehead atoms. The Morgan fingerprint density at radius 1 is 1.20 bits per heavy atom. The van der Waals surface area contributed by atoms with Crippen LogP contribution in [0.2, 0.25) is 5.02 Å². The minimum atomic E-state index is -0.433. The van der Waals surface area contributed by atoms with Crippen molar-refractivity contribution >= 4 is 11.6 Å². The quantitative estimate of drug-likeness (QED) is 0.883. The maximum Gasteiger partial charge on any atom is 0.142 e. The third-order valence-electron chi connectivity index (χ3n) is 3.14. The topological polar surface area (TPSA) is 35.2 Å². The molecule has 0 amide bonds. The highest BCUT2D eigenvalue weighted by atomic mass is 35.5. The van der Waals surface area contributed by atoms with Crippen molar-refractivity contribution in [3.63, 3.8) is 0 Å². The Kier molecular flexibility index (Phi) is 4.99. The Balaban J connectivity index is 1.98. The summed E-state index contributed by atoms with van der Waals surface area (Å²) in [5.74, 6) is 0.296. The molecule has 1 unspecified atom stereocenters. The van der Waals surface area contributed by atoms with E-state index in [9.17, 15) is 4.39 Å². The van der Waals surface area contributed by atoms with Gasteiger partial charge in [-0.25, -0.2) is 4.39 Å². The van der Waals surface area contributed by atoms with E-state index in [0.717, 1.165) is 23.3 Å². The largest absolute Gasteiger partial charge is 0.489 e. The highest BCUT2D eigenvalue weighted by molar-refractivity contribution is 6.30. The van der Waals surface area contributed by atoms with E-state index in [1.54, 1.807) is 6.07 Å². The number of nitrogens with two attached hydrogens (primary N) is 1. The number of rotatable bonds is 5. The maximum atomic E-state index is 13.3. The van der Waals surface area contributed by atoms with Gasteiger partial charge in [0.15, 0.2) is 0 Å². The minimum absolute atomic E-state index is 0.0504. The van der Waals surface area contributed by atoms with Crippen LogP contribution in [0.5, 0.6) is 5.75 Å². The smallest absolute Gasteiger partial charge is 0.142 e. The highest BCUT2D eigenvalue weighted by Crippen LogP contribution is 2.20. The Bertz CT molecular complexity index is 571. The van der Waals surface area contributed by atoms with Gasteiger partial charge < -0.3 is 10.5 Å². The molecule has 2 aromatic rings. The first-order valence-corrected chi connectivity index (χ1v) is 6.90. The fraction of sp³-hybridized carbons (Fsp3) is 0.250. The zero-order valence-electron chi connectivity index (χ0n) is 11.3.